The molecule has 0 radical (unpaired) electrons. The summed E-state index contributed by atoms with van der Waals surface area (Å²) in [5.41, 5.74) is 0.915. The summed E-state index contributed by atoms with van der Waals surface area (Å²) in [7, 11) is 0. The van der Waals surface area contributed by atoms with Crippen LogP contribution in [0.2, 0.25) is 0 Å². The Morgan fingerprint density at radius 1 is 1.14 bits per heavy atom. The van der Waals surface area contributed by atoms with Crippen LogP contribution in [0.25, 0.3) is 0 Å². The van der Waals surface area contributed by atoms with Gasteiger partial charge in [0.25, 0.3) is 0 Å². The first-order chi connectivity index (χ1) is 10.2. The Kier molecular flexibility index (Phi) is 5.81. The van der Waals surface area contributed by atoms with E-state index in [1.165, 1.54) is 23.9 Å². The SMILES string of the molecule is CCOC(=O)C(Cc1ccc(F)cc1)Sc1ccccc1. The van der Waals surface area contributed by atoms with Crippen molar-refractivity contribution in [3.8, 4) is 0 Å². The predicted octanol–water partition coefficient (Wildman–Crippen LogP) is 4.09. The number of hydrogen-bond donors (Lipinski definition) is 0. The third-order valence-electron chi connectivity index (χ3n) is 2.91. The number of halogens is 1. The van der Waals surface area contributed by atoms with Crippen molar-refractivity contribution in [3.63, 3.8) is 0 Å². The molecule has 2 aromatic rings. The Bertz CT molecular complexity index is 569. The van der Waals surface area contributed by atoms with Gasteiger partial charge in [-0.15, -0.1) is 11.8 Å². The van der Waals surface area contributed by atoms with Gasteiger partial charge in [-0.05, 0) is 43.2 Å². The van der Waals surface area contributed by atoms with Crippen molar-refractivity contribution in [3.05, 3.63) is 66.0 Å². The largest absolute Gasteiger partial charge is 0.465 e. The maximum Gasteiger partial charge on any atom is 0.319 e. The lowest BCUT2D eigenvalue weighted by Crippen LogP contribution is -2.22. The minimum absolute atomic E-state index is 0.240. The molecule has 0 fully saturated rings. The smallest absolute Gasteiger partial charge is 0.319 e. The second kappa shape index (κ2) is 7.84. The summed E-state index contributed by atoms with van der Waals surface area (Å²) in [6.07, 6.45) is 0.513. The fourth-order valence-corrected chi connectivity index (χ4v) is 2.99. The van der Waals surface area contributed by atoms with Crippen LogP contribution in [-0.2, 0) is 16.0 Å². The Hall–Kier alpha value is -1.81. The molecule has 0 saturated carbocycles. The fraction of sp³-hybridized carbons (Fsp3) is 0.235. The Labute approximate surface area is 128 Å². The van der Waals surface area contributed by atoms with Crippen LogP contribution in [0, 0.1) is 5.82 Å². The molecule has 0 aliphatic heterocycles. The minimum Gasteiger partial charge on any atom is -0.465 e. The summed E-state index contributed by atoms with van der Waals surface area (Å²) in [5, 5.41) is -0.335. The van der Waals surface area contributed by atoms with Crippen LogP contribution in [-0.4, -0.2) is 17.8 Å². The maximum atomic E-state index is 13.0. The molecule has 110 valence electrons. The highest BCUT2D eigenvalue weighted by Gasteiger charge is 2.21. The van der Waals surface area contributed by atoms with E-state index >= 15 is 0 Å². The highest BCUT2D eigenvalue weighted by atomic mass is 32.2. The molecule has 0 saturated heterocycles. The highest BCUT2D eigenvalue weighted by molar-refractivity contribution is 8.00. The normalized spacial score (nSPS) is 11.9. The maximum absolute atomic E-state index is 13.0. The van der Waals surface area contributed by atoms with Crippen LogP contribution in [0.1, 0.15) is 12.5 Å². The highest BCUT2D eigenvalue weighted by Crippen LogP contribution is 2.26. The number of ether oxygens (including phenoxy) is 1. The number of esters is 1. The first-order valence-electron chi connectivity index (χ1n) is 6.82. The van der Waals surface area contributed by atoms with E-state index in [4.69, 9.17) is 4.74 Å². The van der Waals surface area contributed by atoms with Gasteiger partial charge in [0.2, 0.25) is 0 Å². The molecule has 0 heterocycles. The van der Waals surface area contributed by atoms with E-state index in [1.807, 2.05) is 30.3 Å². The van der Waals surface area contributed by atoms with Crippen molar-refractivity contribution in [2.75, 3.05) is 6.61 Å². The number of hydrogen-bond acceptors (Lipinski definition) is 3. The molecule has 0 amide bonds. The van der Waals surface area contributed by atoms with Crippen molar-refractivity contribution in [2.45, 2.75) is 23.5 Å². The molecule has 1 atom stereocenters. The molecule has 0 aliphatic rings. The lowest BCUT2D eigenvalue weighted by Gasteiger charge is -2.15. The van der Waals surface area contributed by atoms with E-state index in [-0.39, 0.29) is 17.0 Å². The molecule has 0 aliphatic carbocycles. The summed E-state index contributed by atoms with van der Waals surface area (Å²) >= 11 is 1.47. The van der Waals surface area contributed by atoms with Gasteiger partial charge in [0, 0.05) is 4.90 Å². The van der Waals surface area contributed by atoms with Gasteiger partial charge in [-0.3, -0.25) is 4.79 Å². The number of benzene rings is 2. The van der Waals surface area contributed by atoms with Gasteiger partial charge in [-0.1, -0.05) is 30.3 Å². The minimum atomic E-state index is -0.335. The zero-order chi connectivity index (χ0) is 15.1. The van der Waals surface area contributed by atoms with Gasteiger partial charge in [-0.2, -0.15) is 0 Å². The molecular weight excluding hydrogens is 287 g/mol. The second-order valence-corrected chi connectivity index (χ2v) is 5.78. The van der Waals surface area contributed by atoms with Gasteiger partial charge < -0.3 is 4.74 Å². The molecule has 0 bridgehead atoms. The molecule has 0 spiro atoms. The van der Waals surface area contributed by atoms with Crippen LogP contribution in [0.15, 0.2) is 59.5 Å². The van der Waals surface area contributed by atoms with E-state index in [2.05, 4.69) is 0 Å². The van der Waals surface area contributed by atoms with Crippen LogP contribution in [0.4, 0.5) is 4.39 Å². The van der Waals surface area contributed by atoms with Gasteiger partial charge >= 0.3 is 5.97 Å². The number of thioether (sulfide) groups is 1. The van der Waals surface area contributed by atoms with Crippen molar-refractivity contribution in [1.29, 1.82) is 0 Å². The molecule has 1 unspecified atom stereocenters. The third kappa shape index (κ3) is 4.90. The summed E-state index contributed by atoms with van der Waals surface area (Å²) < 4.78 is 18.1. The average molecular weight is 304 g/mol. The van der Waals surface area contributed by atoms with E-state index < -0.39 is 0 Å². The zero-order valence-corrected chi connectivity index (χ0v) is 12.6. The van der Waals surface area contributed by atoms with E-state index in [0.717, 1.165) is 10.5 Å². The van der Waals surface area contributed by atoms with E-state index in [9.17, 15) is 9.18 Å². The Morgan fingerprint density at radius 3 is 2.43 bits per heavy atom. The van der Waals surface area contributed by atoms with Crippen LogP contribution >= 0.6 is 11.8 Å². The molecule has 0 N–H and O–H groups in total. The van der Waals surface area contributed by atoms with Gasteiger partial charge in [0.1, 0.15) is 11.1 Å². The summed E-state index contributed by atoms with van der Waals surface area (Å²) in [6, 6.07) is 15.9. The van der Waals surface area contributed by atoms with Gasteiger partial charge in [0.15, 0.2) is 0 Å². The van der Waals surface area contributed by atoms with Crippen molar-refractivity contribution in [1.82, 2.24) is 0 Å². The van der Waals surface area contributed by atoms with Crippen LogP contribution in [0.5, 0.6) is 0 Å². The summed E-state index contributed by atoms with van der Waals surface area (Å²) in [6.45, 7) is 2.15. The van der Waals surface area contributed by atoms with E-state index in [0.29, 0.717) is 13.0 Å². The average Bonchev–Trinajstić information content (AvgIpc) is 2.50. The molecule has 2 nitrogen and oxygen atoms in total. The molecule has 2 rings (SSSR count). The first kappa shape index (κ1) is 15.6. The second-order valence-electron chi connectivity index (χ2n) is 4.50. The standard InChI is InChI=1S/C17H17FO2S/c1-2-20-17(19)16(21-15-6-4-3-5-7-15)12-13-8-10-14(18)11-9-13/h3-11,16H,2,12H2,1H3. The van der Waals surface area contributed by atoms with Crippen molar-refractivity contribution >= 4 is 17.7 Å². The number of carbonyl (C=O) groups excluding carboxylic acids is 1. The lowest BCUT2D eigenvalue weighted by atomic mass is 10.1. The van der Waals surface area contributed by atoms with Crippen LogP contribution < -0.4 is 0 Å². The zero-order valence-electron chi connectivity index (χ0n) is 11.8. The van der Waals surface area contributed by atoms with Crippen LogP contribution in [0.3, 0.4) is 0 Å². The number of rotatable bonds is 6. The molecule has 0 aromatic heterocycles. The molecular formula is C17H17FO2S. The first-order valence-corrected chi connectivity index (χ1v) is 7.70. The lowest BCUT2D eigenvalue weighted by molar-refractivity contribution is -0.142. The molecule has 21 heavy (non-hydrogen) atoms. The quantitative estimate of drug-likeness (QED) is 0.594. The topological polar surface area (TPSA) is 26.3 Å². The summed E-state index contributed by atoms with van der Waals surface area (Å²) in [5.74, 6) is -0.516. The van der Waals surface area contributed by atoms with E-state index in [1.54, 1.807) is 19.1 Å². The monoisotopic (exact) mass is 304 g/mol. The Balaban J connectivity index is 2.11. The molecule has 2 aromatic carbocycles. The predicted molar refractivity (Wildman–Crippen MR) is 82.8 cm³/mol. The number of carbonyl (C=O) groups is 1. The van der Waals surface area contributed by atoms with Gasteiger partial charge in [-0.25, -0.2) is 4.39 Å². The summed E-state index contributed by atoms with van der Waals surface area (Å²) in [4.78, 5) is 13.1. The molecule has 4 heteroatoms. The van der Waals surface area contributed by atoms with Gasteiger partial charge in [0.05, 0.1) is 6.61 Å². The fourth-order valence-electron chi connectivity index (χ4n) is 1.91. The van der Waals surface area contributed by atoms with Crippen molar-refractivity contribution in [2.24, 2.45) is 0 Å². The van der Waals surface area contributed by atoms with Crippen molar-refractivity contribution < 1.29 is 13.9 Å². The Morgan fingerprint density at radius 2 is 1.81 bits per heavy atom. The third-order valence-corrected chi connectivity index (χ3v) is 4.09.